The van der Waals surface area contributed by atoms with Gasteiger partial charge in [-0.2, -0.15) is 0 Å². The fourth-order valence-corrected chi connectivity index (χ4v) is 3.63. The summed E-state index contributed by atoms with van der Waals surface area (Å²) >= 11 is 0. The SMILES string of the molecule is O=C1C(=O)N(c2cccc(C(=O)O)c2)C(c2ccccc2F)/C1=C(\O)c1ccccc1. The number of anilines is 1. The first-order valence-electron chi connectivity index (χ1n) is 9.34. The van der Waals surface area contributed by atoms with E-state index in [1.54, 1.807) is 36.4 Å². The van der Waals surface area contributed by atoms with Crippen LogP contribution in [-0.2, 0) is 9.59 Å². The van der Waals surface area contributed by atoms with E-state index < -0.39 is 35.3 Å². The zero-order chi connectivity index (χ0) is 22.1. The number of benzene rings is 3. The molecule has 1 heterocycles. The Hall–Kier alpha value is -4.26. The van der Waals surface area contributed by atoms with Crippen LogP contribution in [0.15, 0.2) is 84.4 Å². The Morgan fingerprint density at radius 2 is 1.48 bits per heavy atom. The summed E-state index contributed by atoms with van der Waals surface area (Å²) in [6, 6.07) is 17.9. The molecule has 1 aliphatic rings. The van der Waals surface area contributed by atoms with E-state index in [0.717, 1.165) is 4.90 Å². The van der Waals surface area contributed by atoms with Gasteiger partial charge in [-0.3, -0.25) is 14.5 Å². The van der Waals surface area contributed by atoms with Gasteiger partial charge in [-0.1, -0.05) is 54.6 Å². The number of aliphatic hydroxyl groups is 1. The highest BCUT2D eigenvalue weighted by molar-refractivity contribution is 6.51. The third-order valence-electron chi connectivity index (χ3n) is 5.06. The zero-order valence-corrected chi connectivity index (χ0v) is 16.0. The number of nitrogens with zero attached hydrogens (tertiary/aromatic N) is 1. The molecule has 6 nitrogen and oxygen atoms in total. The molecule has 3 aromatic rings. The molecule has 0 radical (unpaired) electrons. The van der Waals surface area contributed by atoms with Gasteiger partial charge in [-0.05, 0) is 24.3 Å². The topological polar surface area (TPSA) is 94.9 Å². The number of halogens is 1. The fraction of sp³-hybridized carbons (Fsp3) is 0.0417. The predicted octanol–water partition coefficient (Wildman–Crippen LogP) is 4.15. The molecule has 1 atom stereocenters. The smallest absolute Gasteiger partial charge is 0.335 e. The molecule has 1 amide bonds. The molecule has 0 spiro atoms. The summed E-state index contributed by atoms with van der Waals surface area (Å²) in [6.07, 6.45) is 0. The van der Waals surface area contributed by atoms with Gasteiger partial charge >= 0.3 is 5.97 Å². The van der Waals surface area contributed by atoms with Gasteiger partial charge in [0.05, 0.1) is 17.2 Å². The van der Waals surface area contributed by atoms with Crippen LogP contribution in [0.25, 0.3) is 5.76 Å². The molecular weight excluding hydrogens is 401 g/mol. The van der Waals surface area contributed by atoms with Gasteiger partial charge in [0.2, 0.25) is 0 Å². The Kier molecular flexibility index (Phi) is 5.09. The first-order chi connectivity index (χ1) is 14.9. The molecule has 1 saturated heterocycles. The number of Topliss-reactive ketones (excluding diaryl/α,β-unsaturated/α-hetero) is 1. The maximum atomic E-state index is 14.8. The number of carboxylic acids is 1. The molecule has 1 fully saturated rings. The van der Waals surface area contributed by atoms with Gasteiger partial charge in [-0.25, -0.2) is 9.18 Å². The minimum atomic E-state index is -1.27. The molecule has 3 aromatic carbocycles. The summed E-state index contributed by atoms with van der Waals surface area (Å²) in [6.45, 7) is 0. The summed E-state index contributed by atoms with van der Waals surface area (Å²) < 4.78 is 14.8. The molecule has 1 unspecified atom stereocenters. The number of hydrogen-bond acceptors (Lipinski definition) is 4. The van der Waals surface area contributed by atoms with Gasteiger partial charge in [0, 0.05) is 16.8 Å². The zero-order valence-electron chi connectivity index (χ0n) is 16.0. The normalized spacial score (nSPS) is 17.7. The Morgan fingerprint density at radius 1 is 0.839 bits per heavy atom. The van der Waals surface area contributed by atoms with Crippen LogP contribution in [0.4, 0.5) is 10.1 Å². The van der Waals surface area contributed by atoms with Crippen LogP contribution in [0.3, 0.4) is 0 Å². The van der Waals surface area contributed by atoms with Crippen molar-refractivity contribution in [3.63, 3.8) is 0 Å². The number of hydrogen-bond donors (Lipinski definition) is 2. The van der Waals surface area contributed by atoms with Crippen molar-refractivity contribution < 1.29 is 29.0 Å². The van der Waals surface area contributed by atoms with Crippen molar-refractivity contribution in [1.29, 1.82) is 0 Å². The van der Waals surface area contributed by atoms with Crippen molar-refractivity contribution in [3.05, 3.63) is 107 Å². The minimum absolute atomic E-state index is 0.0000841. The maximum absolute atomic E-state index is 14.8. The van der Waals surface area contributed by atoms with Crippen LogP contribution in [0.2, 0.25) is 0 Å². The van der Waals surface area contributed by atoms with Crippen molar-refractivity contribution in [2.24, 2.45) is 0 Å². The summed E-state index contributed by atoms with van der Waals surface area (Å²) in [5.74, 6) is -4.31. The molecule has 1 aliphatic heterocycles. The van der Waals surface area contributed by atoms with Crippen molar-refractivity contribution in [2.75, 3.05) is 4.90 Å². The maximum Gasteiger partial charge on any atom is 0.335 e. The monoisotopic (exact) mass is 417 g/mol. The highest BCUT2D eigenvalue weighted by atomic mass is 19.1. The molecule has 2 N–H and O–H groups in total. The fourth-order valence-electron chi connectivity index (χ4n) is 3.63. The van der Waals surface area contributed by atoms with Crippen molar-refractivity contribution >= 4 is 29.1 Å². The molecule has 31 heavy (non-hydrogen) atoms. The second-order valence-corrected chi connectivity index (χ2v) is 6.91. The lowest BCUT2D eigenvalue weighted by molar-refractivity contribution is -0.132. The highest BCUT2D eigenvalue weighted by Crippen LogP contribution is 2.43. The second-order valence-electron chi connectivity index (χ2n) is 6.91. The standard InChI is InChI=1S/C24H16FNO5/c25-18-12-5-4-11-17(18)20-19(21(27)14-7-2-1-3-8-14)22(28)23(29)26(20)16-10-6-9-15(13-16)24(30)31/h1-13,20,27H,(H,30,31)/b21-19+. The minimum Gasteiger partial charge on any atom is -0.507 e. The van der Waals surface area contributed by atoms with Gasteiger partial charge in [0.1, 0.15) is 11.6 Å². The van der Waals surface area contributed by atoms with E-state index in [2.05, 4.69) is 0 Å². The van der Waals surface area contributed by atoms with E-state index in [-0.39, 0.29) is 22.4 Å². The summed E-state index contributed by atoms with van der Waals surface area (Å²) in [5, 5.41) is 20.2. The largest absolute Gasteiger partial charge is 0.507 e. The predicted molar refractivity (Wildman–Crippen MR) is 111 cm³/mol. The van der Waals surface area contributed by atoms with Gasteiger partial charge in [0.15, 0.2) is 0 Å². The van der Waals surface area contributed by atoms with Crippen LogP contribution >= 0.6 is 0 Å². The van der Waals surface area contributed by atoms with E-state index in [0.29, 0.717) is 5.56 Å². The van der Waals surface area contributed by atoms with E-state index in [1.165, 1.54) is 42.5 Å². The number of carbonyl (C=O) groups is 3. The number of carboxylic acid groups (broad SMARTS) is 1. The summed E-state index contributed by atoms with van der Waals surface area (Å²) in [4.78, 5) is 38.4. The van der Waals surface area contributed by atoms with E-state index in [1.807, 2.05) is 0 Å². The van der Waals surface area contributed by atoms with Crippen molar-refractivity contribution in [2.45, 2.75) is 6.04 Å². The van der Waals surface area contributed by atoms with E-state index >= 15 is 0 Å². The van der Waals surface area contributed by atoms with Crippen LogP contribution < -0.4 is 4.90 Å². The number of amides is 1. The molecule has 7 heteroatoms. The lowest BCUT2D eigenvalue weighted by Crippen LogP contribution is -2.30. The first-order valence-corrected chi connectivity index (χ1v) is 9.34. The second kappa shape index (κ2) is 7.87. The Morgan fingerprint density at radius 3 is 2.16 bits per heavy atom. The Balaban J connectivity index is 1.98. The molecular formula is C24H16FNO5. The van der Waals surface area contributed by atoms with Gasteiger partial charge in [0.25, 0.3) is 11.7 Å². The molecule has 154 valence electrons. The Labute approximate surface area is 176 Å². The molecule has 0 saturated carbocycles. The van der Waals surface area contributed by atoms with Gasteiger partial charge in [-0.15, -0.1) is 0 Å². The number of carbonyl (C=O) groups excluding carboxylic acids is 2. The molecule has 0 aliphatic carbocycles. The molecule has 0 aromatic heterocycles. The molecule has 4 rings (SSSR count). The van der Waals surface area contributed by atoms with Crippen molar-refractivity contribution in [3.8, 4) is 0 Å². The number of aliphatic hydroxyl groups excluding tert-OH is 1. The number of aromatic carboxylic acids is 1. The van der Waals surface area contributed by atoms with Crippen LogP contribution in [0, 0.1) is 5.82 Å². The lowest BCUT2D eigenvalue weighted by atomic mass is 9.94. The van der Waals surface area contributed by atoms with Crippen LogP contribution in [-0.4, -0.2) is 27.9 Å². The van der Waals surface area contributed by atoms with Crippen molar-refractivity contribution in [1.82, 2.24) is 0 Å². The van der Waals surface area contributed by atoms with Crippen LogP contribution in [0.1, 0.15) is 27.5 Å². The third kappa shape index (κ3) is 3.46. The van der Waals surface area contributed by atoms with Gasteiger partial charge < -0.3 is 10.2 Å². The summed E-state index contributed by atoms with van der Waals surface area (Å²) in [5.41, 5.74) is 0.0140. The number of ketones is 1. The lowest BCUT2D eigenvalue weighted by Gasteiger charge is -2.26. The first kappa shape index (κ1) is 20.0. The molecule has 0 bridgehead atoms. The average molecular weight is 417 g/mol. The third-order valence-corrected chi connectivity index (χ3v) is 5.06. The number of rotatable bonds is 4. The van der Waals surface area contributed by atoms with E-state index in [4.69, 9.17) is 0 Å². The highest BCUT2D eigenvalue weighted by Gasteiger charge is 2.47. The summed E-state index contributed by atoms with van der Waals surface area (Å²) in [7, 11) is 0. The quantitative estimate of drug-likeness (QED) is 0.378. The Bertz CT molecular complexity index is 1240. The van der Waals surface area contributed by atoms with E-state index in [9.17, 15) is 29.0 Å². The van der Waals surface area contributed by atoms with Crippen LogP contribution in [0.5, 0.6) is 0 Å². The average Bonchev–Trinajstić information content (AvgIpc) is 3.04.